The molecule has 0 bridgehead atoms. The van der Waals surface area contributed by atoms with Crippen LogP contribution in [0.4, 0.5) is 5.95 Å². The lowest BCUT2D eigenvalue weighted by Crippen LogP contribution is -2.16. The summed E-state index contributed by atoms with van der Waals surface area (Å²) >= 11 is 0. The molecule has 2 aliphatic rings. The fourth-order valence-corrected chi connectivity index (χ4v) is 2.13. The van der Waals surface area contributed by atoms with Gasteiger partial charge in [-0.3, -0.25) is 10.1 Å². The SMILES string of the molecule is O=C(Nc1ncccn1)[C@H]1C[C@@H]1C1CC1. The molecular formula is C11H13N3O. The second-order valence-electron chi connectivity index (χ2n) is 4.41. The van der Waals surface area contributed by atoms with Gasteiger partial charge in [-0.15, -0.1) is 0 Å². The van der Waals surface area contributed by atoms with Crippen molar-refractivity contribution in [3.8, 4) is 0 Å². The third kappa shape index (κ3) is 1.84. The molecule has 0 saturated heterocycles. The molecule has 0 aliphatic heterocycles. The maximum absolute atomic E-state index is 11.7. The van der Waals surface area contributed by atoms with Crippen molar-refractivity contribution in [1.29, 1.82) is 0 Å². The fraction of sp³-hybridized carbons (Fsp3) is 0.545. The van der Waals surface area contributed by atoms with E-state index in [1.165, 1.54) is 12.8 Å². The molecule has 0 spiro atoms. The van der Waals surface area contributed by atoms with Crippen LogP contribution in [0.5, 0.6) is 0 Å². The third-order valence-electron chi connectivity index (χ3n) is 3.20. The number of carbonyl (C=O) groups is 1. The Hall–Kier alpha value is -1.45. The first kappa shape index (κ1) is 8.83. The molecule has 1 aromatic rings. The molecule has 1 N–H and O–H groups in total. The monoisotopic (exact) mass is 203 g/mol. The van der Waals surface area contributed by atoms with Gasteiger partial charge in [0.25, 0.3) is 0 Å². The van der Waals surface area contributed by atoms with E-state index in [9.17, 15) is 4.79 Å². The molecule has 1 aromatic heterocycles. The summed E-state index contributed by atoms with van der Waals surface area (Å²) in [6, 6.07) is 1.74. The highest BCUT2D eigenvalue weighted by Crippen LogP contribution is 2.54. The average Bonchev–Trinajstić information content (AvgIpc) is 3.11. The zero-order valence-electron chi connectivity index (χ0n) is 8.39. The van der Waals surface area contributed by atoms with E-state index in [1.807, 2.05) is 0 Å². The number of nitrogens with zero attached hydrogens (tertiary/aromatic N) is 2. The molecule has 15 heavy (non-hydrogen) atoms. The van der Waals surface area contributed by atoms with Gasteiger partial charge in [0.2, 0.25) is 11.9 Å². The average molecular weight is 203 g/mol. The van der Waals surface area contributed by atoms with Crippen LogP contribution in [0.25, 0.3) is 0 Å². The Kier molecular flexibility index (Phi) is 1.94. The minimum Gasteiger partial charge on any atom is -0.294 e. The van der Waals surface area contributed by atoms with Crippen LogP contribution < -0.4 is 5.32 Å². The molecule has 2 aliphatic carbocycles. The first-order valence-corrected chi connectivity index (χ1v) is 5.42. The summed E-state index contributed by atoms with van der Waals surface area (Å²) in [7, 11) is 0. The Morgan fingerprint density at radius 1 is 1.33 bits per heavy atom. The first-order valence-electron chi connectivity index (χ1n) is 5.42. The largest absolute Gasteiger partial charge is 0.294 e. The number of rotatable bonds is 3. The van der Waals surface area contributed by atoms with Gasteiger partial charge in [-0.05, 0) is 37.2 Å². The molecule has 0 unspecified atom stereocenters. The Morgan fingerprint density at radius 2 is 2.07 bits per heavy atom. The molecule has 4 heteroatoms. The normalized spacial score (nSPS) is 28.5. The van der Waals surface area contributed by atoms with Crippen molar-refractivity contribution in [3.63, 3.8) is 0 Å². The molecule has 1 amide bonds. The van der Waals surface area contributed by atoms with Gasteiger partial charge in [-0.25, -0.2) is 9.97 Å². The number of anilines is 1. The summed E-state index contributed by atoms with van der Waals surface area (Å²) in [5, 5.41) is 2.76. The number of amides is 1. The van der Waals surface area contributed by atoms with Crippen molar-refractivity contribution in [1.82, 2.24) is 9.97 Å². The van der Waals surface area contributed by atoms with E-state index in [4.69, 9.17) is 0 Å². The lowest BCUT2D eigenvalue weighted by Gasteiger charge is -2.01. The number of aromatic nitrogens is 2. The molecule has 2 atom stereocenters. The second-order valence-corrected chi connectivity index (χ2v) is 4.41. The van der Waals surface area contributed by atoms with Crippen LogP contribution in [0.1, 0.15) is 19.3 Å². The molecule has 78 valence electrons. The van der Waals surface area contributed by atoms with Crippen LogP contribution in [0.2, 0.25) is 0 Å². The van der Waals surface area contributed by atoms with Gasteiger partial charge in [-0.2, -0.15) is 0 Å². The maximum atomic E-state index is 11.7. The summed E-state index contributed by atoms with van der Waals surface area (Å²) in [5.41, 5.74) is 0. The van der Waals surface area contributed by atoms with Gasteiger partial charge in [0.15, 0.2) is 0 Å². The van der Waals surface area contributed by atoms with Gasteiger partial charge < -0.3 is 0 Å². The zero-order valence-corrected chi connectivity index (χ0v) is 8.39. The fourth-order valence-electron chi connectivity index (χ4n) is 2.13. The van der Waals surface area contributed by atoms with Gasteiger partial charge >= 0.3 is 0 Å². The number of hydrogen-bond acceptors (Lipinski definition) is 3. The van der Waals surface area contributed by atoms with E-state index in [1.54, 1.807) is 18.5 Å². The predicted octanol–water partition coefficient (Wildman–Crippen LogP) is 1.46. The minimum absolute atomic E-state index is 0.0955. The molecule has 2 fully saturated rings. The summed E-state index contributed by atoms with van der Waals surface area (Å²) in [5.74, 6) is 2.22. The van der Waals surface area contributed by atoms with E-state index in [0.29, 0.717) is 11.9 Å². The van der Waals surface area contributed by atoms with Crippen LogP contribution in [0, 0.1) is 17.8 Å². The Labute approximate surface area is 88.1 Å². The molecule has 3 rings (SSSR count). The van der Waals surface area contributed by atoms with E-state index < -0.39 is 0 Å². The van der Waals surface area contributed by atoms with E-state index in [0.717, 1.165) is 12.3 Å². The molecule has 2 saturated carbocycles. The number of hydrogen-bond donors (Lipinski definition) is 1. The van der Waals surface area contributed by atoms with Crippen molar-refractivity contribution in [3.05, 3.63) is 18.5 Å². The Morgan fingerprint density at radius 3 is 2.73 bits per heavy atom. The lowest BCUT2D eigenvalue weighted by molar-refractivity contribution is -0.117. The van der Waals surface area contributed by atoms with Gasteiger partial charge in [-0.1, -0.05) is 0 Å². The van der Waals surface area contributed by atoms with Gasteiger partial charge in [0.1, 0.15) is 0 Å². The van der Waals surface area contributed by atoms with Crippen LogP contribution in [-0.4, -0.2) is 15.9 Å². The summed E-state index contributed by atoms with van der Waals surface area (Å²) in [6.45, 7) is 0. The van der Waals surface area contributed by atoms with Crippen molar-refractivity contribution in [2.75, 3.05) is 5.32 Å². The Balaban J connectivity index is 1.58. The van der Waals surface area contributed by atoms with Crippen molar-refractivity contribution < 1.29 is 4.79 Å². The van der Waals surface area contributed by atoms with Gasteiger partial charge in [0.05, 0.1) is 0 Å². The van der Waals surface area contributed by atoms with Crippen LogP contribution in [0.15, 0.2) is 18.5 Å². The second kappa shape index (κ2) is 3.29. The zero-order chi connectivity index (χ0) is 10.3. The van der Waals surface area contributed by atoms with Crippen molar-refractivity contribution in [2.24, 2.45) is 17.8 Å². The van der Waals surface area contributed by atoms with Crippen molar-refractivity contribution in [2.45, 2.75) is 19.3 Å². The number of nitrogens with one attached hydrogen (secondary N) is 1. The quantitative estimate of drug-likeness (QED) is 0.809. The van der Waals surface area contributed by atoms with Crippen LogP contribution in [0.3, 0.4) is 0 Å². The molecule has 1 heterocycles. The van der Waals surface area contributed by atoms with Crippen LogP contribution >= 0.6 is 0 Å². The van der Waals surface area contributed by atoms with Gasteiger partial charge in [0, 0.05) is 18.3 Å². The summed E-state index contributed by atoms with van der Waals surface area (Å²) in [4.78, 5) is 19.7. The first-order chi connectivity index (χ1) is 7.34. The molecule has 4 nitrogen and oxygen atoms in total. The molecule has 0 aromatic carbocycles. The minimum atomic E-state index is 0.0955. The Bertz CT molecular complexity index is 375. The summed E-state index contributed by atoms with van der Waals surface area (Å²) < 4.78 is 0. The number of carbonyl (C=O) groups excluding carboxylic acids is 1. The summed E-state index contributed by atoms with van der Waals surface area (Å²) in [6.07, 6.45) is 6.96. The highest BCUT2D eigenvalue weighted by Gasteiger charge is 2.51. The molecular weight excluding hydrogens is 190 g/mol. The van der Waals surface area contributed by atoms with Crippen molar-refractivity contribution >= 4 is 11.9 Å². The third-order valence-corrected chi connectivity index (χ3v) is 3.20. The smallest absolute Gasteiger partial charge is 0.230 e. The highest BCUT2D eigenvalue weighted by molar-refractivity contribution is 5.93. The highest BCUT2D eigenvalue weighted by atomic mass is 16.2. The predicted molar refractivity (Wildman–Crippen MR) is 55.0 cm³/mol. The van der Waals surface area contributed by atoms with E-state index in [-0.39, 0.29) is 11.8 Å². The standard InChI is InChI=1S/C11H13N3O/c15-10(9-6-8(9)7-2-3-7)14-11-12-4-1-5-13-11/h1,4-5,7-9H,2-3,6H2,(H,12,13,14,15)/t8-,9+/m1/s1. The lowest BCUT2D eigenvalue weighted by atomic mass is 10.2. The van der Waals surface area contributed by atoms with Crippen LogP contribution in [-0.2, 0) is 4.79 Å². The molecule has 0 radical (unpaired) electrons. The maximum Gasteiger partial charge on any atom is 0.230 e. The van der Waals surface area contributed by atoms with E-state index >= 15 is 0 Å². The van der Waals surface area contributed by atoms with E-state index in [2.05, 4.69) is 15.3 Å². The topological polar surface area (TPSA) is 54.9 Å².